The van der Waals surface area contributed by atoms with Gasteiger partial charge in [-0.1, -0.05) is 0 Å². The molecule has 2 aromatic heterocycles. The predicted molar refractivity (Wildman–Crippen MR) is 50.4 cm³/mol. The summed E-state index contributed by atoms with van der Waals surface area (Å²) in [6.45, 7) is 6.17. The van der Waals surface area contributed by atoms with Crippen molar-refractivity contribution in [2.24, 2.45) is 0 Å². The third kappa shape index (κ3) is 1.18. The topological polar surface area (TPSA) is 43.6 Å². The Morgan fingerprint density at radius 3 is 2.85 bits per heavy atom. The Labute approximate surface area is 76.6 Å². The van der Waals surface area contributed by atoms with Crippen LogP contribution in [0.15, 0.2) is 12.5 Å². The zero-order valence-corrected chi connectivity index (χ0v) is 8.02. The molecule has 68 valence electrons. The Bertz CT molecular complexity index is 430. The Morgan fingerprint density at radius 1 is 1.38 bits per heavy atom. The molecule has 0 atom stereocenters. The van der Waals surface area contributed by atoms with E-state index in [0.29, 0.717) is 6.04 Å². The van der Waals surface area contributed by atoms with Crippen molar-refractivity contribution in [1.29, 1.82) is 0 Å². The minimum atomic E-state index is 0.411. The molecule has 0 aromatic carbocycles. The molecule has 0 saturated heterocycles. The number of hydrogen-bond donors (Lipinski definition) is 0. The molecule has 2 heterocycles. The lowest BCUT2D eigenvalue weighted by atomic mass is 10.3. The lowest BCUT2D eigenvalue weighted by Crippen LogP contribution is -1.99. The van der Waals surface area contributed by atoms with Gasteiger partial charge in [-0.2, -0.15) is 10.2 Å². The van der Waals surface area contributed by atoms with Crippen molar-refractivity contribution in [3.05, 3.63) is 18.2 Å². The fourth-order valence-electron chi connectivity index (χ4n) is 1.41. The molecule has 0 unspecified atom stereocenters. The number of aryl methyl sites for hydroxylation is 1. The standard InChI is InChI=1S/C9H12N4/c1-6(2)13-5-10-9-7(3)12-11-4-8(9)13/h4-6H,1-3H3. The largest absolute Gasteiger partial charge is 0.327 e. The number of nitrogens with zero attached hydrogens (tertiary/aromatic N) is 4. The van der Waals surface area contributed by atoms with Gasteiger partial charge < -0.3 is 4.57 Å². The summed E-state index contributed by atoms with van der Waals surface area (Å²) in [4.78, 5) is 4.30. The summed E-state index contributed by atoms with van der Waals surface area (Å²) in [5.41, 5.74) is 2.89. The van der Waals surface area contributed by atoms with Crippen LogP contribution >= 0.6 is 0 Å². The lowest BCUT2D eigenvalue weighted by Gasteiger charge is -2.06. The second-order valence-electron chi connectivity index (χ2n) is 3.41. The van der Waals surface area contributed by atoms with Gasteiger partial charge in [-0.3, -0.25) is 0 Å². The summed E-state index contributed by atoms with van der Waals surface area (Å²) in [6, 6.07) is 0.411. The molecule has 0 aliphatic carbocycles. The Morgan fingerprint density at radius 2 is 2.15 bits per heavy atom. The molecule has 0 aliphatic rings. The molecule has 0 N–H and O–H groups in total. The van der Waals surface area contributed by atoms with Crippen molar-refractivity contribution in [3.8, 4) is 0 Å². The maximum absolute atomic E-state index is 4.30. The first-order valence-corrected chi connectivity index (χ1v) is 4.35. The van der Waals surface area contributed by atoms with Gasteiger partial charge in [0.2, 0.25) is 0 Å². The average Bonchev–Trinajstić information content (AvgIpc) is 2.48. The normalized spacial score (nSPS) is 11.4. The second-order valence-corrected chi connectivity index (χ2v) is 3.41. The van der Waals surface area contributed by atoms with Crippen molar-refractivity contribution in [2.45, 2.75) is 26.8 Å². The van der Waals surface area contributed by atoms with Crippen LogP contribution in [0.3, 0.4) is 0 Å². The van der Waals surface area contributed by atoms with Crippen LogP contribution in [0, 0.1) is 6.92 Å². The summed E-state index contributed by atoms with van der Waals surface area (Å²) in [7, 11) is 0. The van der Waals surface area contributed by atoms with Crippen molar-refractivity contribution < 1.29 is 0 Å². The Balaban J connectivity index is 2.75. The van der Waals surface area contributed by atoms with Gasteiger partial charge >= 0.3 is 0 Å². The second kappa shape index (κ2) is 2.80. The fraction of sp³-hybridized carbons (Fsp3) is 0.444. The van der Waals surface area contributed by atoms with Gasteiger partial charge in [0, 0.05) is 6.04 Å². The van der Waals surface area contributed by atoms with E-state index in [-0.39, 0.29) is 0 Å². The van der Waals surface area contributed by atoms with Crippen molar-refractivity contribution >= 4 is 11.0 Å². The van der Waals surface area contributed by atoms with Crippen LogP contribution in [0.25, 0.3) is 11.0 Å². The van der Waals surface area contributed by atoms with E-state index in [1.807, 2.05) is 13.3 Å². The van der Waals surface area contributed by atoms with Crippen LogP contribution in [-0.2, 0) is 0 Å². The smallest absolute Gasteiger partial charge is 0.113 e. The van der Waals surface area contributed by atoms with Gasteiger partial charge in [-0.05, 0) is 20.8 Å². The van der Waals surface area contributed by atoms with Crippen molar-refractivity contribution in [2.75, 3.05) is 0 Å². The number of aromatic nitrogens is 4. The van der Waals surface area contributed by atoms with Crippen LogP contribution in [0.5, 0.6) is 0 Å². The highest BCUT2D eigenvalue weighted by Gasteiger charge is 2.07. The van der Waals surface area contributed by atoms with Crippen LogP contribution < -0.4 is 0 Å². The maximum Gasteiger partial charge on any atom is 0.113 e. The molecule has 0 amide bonds. The molecule has 0 bridgehead atoms. The zero-order valence-electron chi connectivity index (χ0n) is 8.02. The highest BCUT2D eigenvalue weighted by molar-refractivity contribution is 5.76. The number of imidazole rings is 1. The molecule has 0 radical (unpaired) electrons. The third-order valence-electron chi connectivity index (χ3n) is 2.12. The van der Waals surface area contributed by atoms with E-state index >= 15 is 0 Å². The molecule has 2 aromatic rings. The molecule has 0 fully saturated rings. The van der Waals surface area contributed by atoms with Gasteiger partial charge in [0.25, 0.3) is 0 Å². The van der Waals surface area contributed by atoms with E-state index < -0.39 is 0 Å². The fourth-order valence-corrected chi connectivity index (χ4v) is 1.41. The monoisotopic (exact) mass is 176 g/mol. The minimum Gasteiger partial charge on any atom is -0.327 e. The summed E-state index contributed by atoms with van der Waals surface area (Å²) >= 11 is 0. The number of rotatable bonds is 1. The number of hydrogen-bond acceptors (Lipinski definition) is 3. The molecule has 4 nitrogen and oxygen atoms in total. The van der Waals surface area contributed by atoms with Crippen molar-refractivity contribution in [3.63, 3.8) is 0 Å². The first kappa shape index (κ1) is 8.16. The van der Waals surface area contributed by atoms with E-state index in [9.17, 15) is 0 Å². The zero-order chi connectivity index (χ0) is 9.42. The van der Waals surface area contributed by atoms with E-state index in [0.717, 1.165) is 16.7 Å². The first-order valence-electron chi connectivity index (χ1n) is 4.35. The van der Waals surface area contributed by atoms with Gasteiger partial charge in [0.05, 0.1) is 23.7 Å². The molecule has 0 saturated carbocycles. The summed E-state index contributed by atoms with van der Waals surface area (Å²) in [5, 5.41) is 7.87. The molecule has 4 heteroatoms. The molecule has 0 aliphatic heterocycles. The summed E-state index contributed by atoms with van der Waals surface area (Å²) in [5.74, 6) is 0. The van der Waals surface area contributed by atoms with Gasteiger partial charge in [-0.15, -0.1) is 0 Å². The highest BCUT2D eigenvalue weighted by Crippen LogP contribution is 2.17. The lowest BCUT2D eigenvalue weighted by molar-refractivity contribution is 0.616. The average molecular weight is 176 g/mol. The van der Waals surface area contributed by atoms with Crippen LogP contribution in [0.1, 0.15) is 25.6 Å². The van der Waals surface area contributed by atoms with Gasteiger partial charge in [0.1, 0.15) is 5.52 Å². The Kier molecular flexibility index (Phi) is 1.76. The van der Waals surface area contributed by atoms with Gasteiger partial charge in [0.15, 0.2) is 0 Å². The Hall–Kier alpha value is -1.45. The van der Waals surface area contributed by atoms with E-state index in [1.54, 1.807) is 6.20 Å². The summed E-state index contributed by atoms with van der Waals surface area (Å²) in [6.07, 6.45) is 3.60. The van der Waals surface area contributed by atoms with E-state index in [2.05, 4.69) is 33.6 Å². The van der Waals surface area contributed by atoms with E-state index in [1.165, 1.54) is 0 Å². The van der Waals surface area contributed by atoms with Crippen LogP contribution in [0.4, 0.5) is 0 Å². The highest BCUT2D eigenvalue weighted by atomic mass is 15.1. The predicted octanol–water partition coefficient (Wildman–Crippen LogP) is 1.72. The number of fused-ring (bicyclic) bond motifs is 1. The van der Waals surface area contributed by atoms with Crippen LogP contribution in [-0.4, -0.2) is 19.7 Å². The summed E-state index contributed by atoms with van der Waals surface area (Å²) < 4.78 is 2.09. The van der Waals surface area contributed by atoms with Crippen LogP contribution in [0.2, 0.25) is 0 Å². The SMILES string of the molecule is Cc1nncc2c1ncn2C(C)C. The quantitative estimate of drug-likeness (QED) is 0.664. The maximum atomic E-state index is 4.30. The molecular weight excluding hydrogens is 164 g/mol. The molecular formula is C9H12N4. The molecule has 13 heavy (non-hydrogen) atoms. The third-order valence-corrected chi connectivity index (χ3v) is 2.12. The van der Waals surface area contributed by atoms with Gasteiger partial charge in [-0.25, -0.2) is 4.98 Å². The first-order chi connectivity index (χ1) is 6.20. The molecule has 2 rings (SSSR count). The van der Waals surface area contributed by atoms with Crippen molar-refractivity contribution in [1.82, 2.24) is 19.7 Å². The minimum absolute atomic E-state index is 0.411. The van der Waals surface area contributed by atoms with E-state index in [4.69, 9.17) is 0 Å². The molecule has 0 spiro atoms.